The number of hydrogen-bond acceptors (Lipinski definition) is 2. The average Bonchev–Trinajstić information content (AvgIpc) is 2.95. The van der Waals surface area contributed by atoms with Crippen LogP contribution in [0.1, 0.15) is 63.0 Å². The SMILES string of the molecule is CCCCCCCCCc1ccccc1O.C[NH+](C)Cc1ccccc1.Oc1ccccc1-c1ccccc1.[Cl-]. The molecule has 0 radical (unpaired) electrons. The van der Waals surface area contributed by atoms with Crippen LogP contribution in [0.2, 0.25) is 0 Å². The van der Waals surface area contributed by atoms with Gasteiger partial charge in [0.2, 0.25) is 0 Å². The second-order valence-electron chi connectivity index (χ2n) is 10.3. The largest absolute Gasteiger partial charge is 1.00 e. The predicted octanol–water partition coefficient (Wildman–Crippen LogP) is 5.08. The van der Waals surface area contributed by atoms with E-state index >= 15 is 0 Å². The van der Waals surface area contributed by atoms with Crippen LogP contribution in [-0.2, 0) is 13.0 Å². The molecule has 0 heterocycles. The second-order valence-corrected chi connectivity index (χ2v) is 10.3. The van der Waals surface area contributed by atoms with Gasteiger partial charge in [0.1, 0.15) is 18.0 Å². The van der Waals surface area contributed by atoms with Crippen molar-refractivity contribution in [1.29, 1.82) is 0 Å². The molecule has 0 saturated heterocycles. The molecule has 4 rings (SSSR count). The number of benzene rings is 4. The third-order valence-corrected chi connectivity index (χ3v) is 6.43. The molecule has 0 amide bonds. The summed E-state index contributed by atoms with van der Waals surface area (Å²) in [4.78, 5) is 1.46. The molecular weight excluding hydrogens is 514 g/mol. The van der Waals surface area contributed by atoms with Crippen LogP contribution in [-0.4, -0.2) is 24.3 Å². The maximum Gasteiger partial charge on any atom is 0.123 e. The highest BCUT2D eigenvalue weighted by Crippen LogP contribution is 2.27. The van der Waals surface area contributed by atoms with E-state index < -0.39 is 0 Å². The third kappa shape index (κ3) is 14.8. The monoisotopic (exact) mass is 561 g/mol. The maximum absolute atomic E-state index is 9.58. The van der Waals surface area contributed by atoms with Gasteiger partial charge in [-0.2, -0.15) is 0 Å². The standard InChI is InChI=1S/C15H24O.C12H10O.C9H13N.ClH/c1-2-3-4-5-6-7-8-11-14-12-9-10-13-15(14)16;13-12-9-5-4-8-11(12)10-6-2-1-3-7-10;1-10(2)8-9-6-4-3-5-7-9;/h9-10,12-13,16H,2-8,11H2,1H3;1-9,13H;3-7H,8H2,1-2H3;1H. The number of unbranched alkanes of at least 4 members (excludes halogenated alkanes) is 6. The van der Waals surface area contributed by atoms with Gasteiger partial charge >= 0.3 is 0 Å². The van der Waals surface area contributed by atoms with E-state index in [1.165, 1.54) is 55.4 Å². The molecule has 4 aromatic rings. The first-order valence-electron chi connectivity index (χ1n) is 14.4. The van der Waals surface area contributed by atoms with E-state index in [1.54, 1.807) is 12.1 Å². The van der Waals surface area contributed by atoms with Gasteiger partial charge < -0.3 is 27.5 Å². The van der Waals surface area contributed by atoms with Crippen LogP contribution in [0, 0.1) is 0 Å². The Morgan fingerprint density at radius 2 is 1.05 bits per heavy atom. The Morgan fingerprint density at radius 1 is 0.550 bits per heavy atom. The molecule has 0 unspecified atom stereocenters. The Kier molecular flexibility index (Phi) is 18.7. The number of hydrogen-bond donors (Lipinski definition) is 3. The summed E-state index contributed by atoms with van der Waals surface area (Å²) in [5, 5.41) is 19.1. The van der Waals surface area contributed by atoms with E-state index in [1.807, 2.05) is 66.7 Å². The average molecular weight is 562 g/mol. The lowest BCUT2D eigenvalue weighted by Gasteiger charge is -2.05. The summed E-state index contributed by atoms with van der Waals surface area (Å²) in [5.41, 5.74) is 4.42. The smallest absolute Gasteiger partial charge is 0.123 e. The first-order chi connectivity index (χ1) is 19.0. The number of quaternary nitrogens is 1. The normalized spacial score (nSPS) is 10.0. The number of phenols is 2. The number of phenolic OH excluding ortho intramolecular Hbond substituents is 2. The van der Waals surface area contributed by atoms with Crippen molar-refractivity contribution in [2.24, 2.45) is 0 Å². The van der Waals surface area contributed by atoms with Gasteiger partial charge in [0.25, 0.3) is 0 Å². The van der Waals surface area contributed by atoms with Gasteiger partial charge in [0, 0.05) is 11.1 Å². The van der Waals surface area contributed by atoms with Crippen LogP contribution in [0.25, 0.3) is 11.1 Å². The molecule has 0 aliphatic rings. The molecule has 40 heavy (non-hydrogen) atoms. The molecule has 4 aromatic carbocycles. The van der Waals surface area contributed by atoms with Crippen LogP contribution in [0.3, 0.4) is 0 Å². The van der Waals surface area contributed by atoms with E-state index in [0.29, 0.717) is 11.5 Å². The van der Waals surface area contributed by atoms with Gasteiger partial charge in [-0.25, -0.2) is 0 Å². The molecule has 0 fully saturated rings. The highest BCUT2D eigenvalue weighted by Gasteiger charge is 2.01. The molecule has 4 heteroatoms. The zero-order valence-electron chi connectivity index (χ0n) is 24.5. The van der Waals surface area contributed by atoms with Gasteiger partial charge in [0.15, 0.2) is 0 Å². The Bertz CT molecular complexity index is 1150. The van der Waals surface area contributed by atoms with Crippen molar-refractivity contribution in [3.05, 3.63) is 120 Å². The lowest BCUT2D eigenvalue weighted by atomic mass is 10.0. The first-order valence-corrected chi connectivity index (χ1v) is 14.4. The number of rotatable bonds is 11. The van der Waals surface area contributed by atoms with Crippen LogP contribution in [0.15, 0.2) is 109 Å². The molecule has 216 valence electrons. The molecule has 0 atom stereocenters. The third-order valence-electron chi connectivity index (χ3n) is 6.43. The molecule has 0 bridgehead atoms. The molecule has 3 N–H and O–H groups in total. The predicted molar refractivity (Wildman–Crippen MR) is 166 cm³/mol. The van der Waals surface area contributed by atoms with Crippen LogP contribution in [0.5, 0.6) is 11.5 Å². The molecule has 0 aliphatic carbocycles. The van der Waals surface area contributed by atoms with Crippen LogP contribution < -0.4 is 17.3 Å². The van der Waals surface area contributed by atoms with Gasteiger partial charge in [0.05, 0.1) is 14.1 Å². The van der Waals surface area contributed by atoms with Crippen LogP contribution >= 0.6 is 0 Å². The quantitative estimate of drug-likeness (QED) is 0.224. The van der Waals surface area contributed by atoms with Gasteiger partial charge in [-0.1, -0.05) is 143 Å². The Balaban J connectivity index is 0.000000304. The lowest BCUT2D eigenvalue weighted by molar-refractivity contribution is -0.872. The van der Waals surface area contributed by atoms with E-state index in [9.17, 15) is 10.2 Å². The molecular formula is C36H48ClNO2. The zero-order chi connectivity index (χ0) is 28.1. The summed E-state index contributed by atoms with van der Waals surface area (Å²) in [5.74, 6) is 0.780. The van der Waals surface area contributed by atoms with Crippen molar-refractivity contribution in [3.63, 3.8) is 0 Å². The molecule has 0 aromatic heterocycles. The Labute approximate surface area is 248 Å². The summed E-state index contributed by atoms with van der Waals surface area (Å²) >= 11 is 0. The van der Waals surface area contributed by atoms with Crippen molar-refractivity contribution in [2.75, 3.05) is 14.1 Å². The number of aryl methyl sites for hydroxylation is 1. The van der Waals surface area contributed by atoms with Crippen molar-refractivity contribution in [3.8, 4) is 22.6 Å². The number of para-hydroxylation sites is 2. The minimum atomic E-state index is 0. The molecule has 0 spiro atoms. The molecule has 3 nitrogen and oxygen atoms in total. The van der Waals surface area contributed by atoms with E-state index in [4.69, 9.17) is 0 Å². The van der Waals surface area contributed by atoms with Crippen molar-refractivity contribution in [1.82, 2.24) is 0 Å². The maximum atomic E-state index is 9.58. The van der Waals surface area contributed by atoms with E-state index in [2.05, 4.69) is 51.4 Å². The minimum Gasteiger partial charge on any atom is -1.00 e. The number of halogens is 1. The highest BCUT2D eigenvalue weighted by atomic mass is 35.5. The highest BCUT2D eigenvalue weighted by molar-refractivity contribution is 5.69. The van der Waals surface area contributed by atoms with E-state index in [-0.39, 0.29) is 12.4 Å². The fourth-order valence-corrected chi connectivity index (χ4v) is 4.33. The fourth-order valence-electron chi connectivity index (χ4n) is 4.33. The van der Waals surface area contributed by atoms with Crippen molar-refractivity contribution < 1.29 is 27.5 Å². The summed E-state index contributed by atoms with van der Waals surface area (Å²) in [7, 11) is 4.32. The lowest BCUT2D eigenvalue weighted by Crippen LogP contribution is -3.04. The van der Waals surface area contributed by atoms with Gasteiger partial charge in [-0.3, -0.25) is 0 Å². The fraction of sp³-hybridized carbons (Fsp3) is 0.333. The zero-order valence-corrected chi connectivity index (χ0v) is 25.3. The molecule has 0 saturated carbocycles. The van der Waals surface area contributed by atoms with E-state index in [0.717, 1.165) is 29.7 Å². The second kappa shape index (κ2) is 21.5. The summed E-state index contributed by atoms with van der Waals surface area (Å²) in [6.45, 7) is 3.36. The summed E-state index contributed by atoms with van der Waals surface area (Å²) < 4.78 is 0. The topological polar surface area (TPSA) is 44.9 Å². The molecule has 0 aliphatic heterocycles. The van der Waals surface area contributed by atoms with Gasteiger partial charge in [-0.15, -0.1) is 0 Å². The van der Waals surface area contributed by atoms with Gasteiger partial charge in [-0.05, 0) is 36.1 Å². The Hall–Kier alpha value is -3.27. The summed E-state index contributed by atoms with van der Waals surface area (Å²) in [6.07, 6.45) is 10.3. The number of aromatic hydroxyl groups is 2. The summed E-state index contributed by atoms with van der Waals surface area (Å²) in [6, 6.07) is 35.4. The first kappa shape index (κ1) is 34.8. The number of nitrogens with one attached hydrogen (secondary N) is 1. The van der Waals surface area contributed by atoms with Crippen molar-refractivity contribution >= 4 is 0 Å². The van der Waals surface area contributed by atoms with Crippen LogP contribution in [0.4, 0.5) is 0 Å². The Morgan fingerprint density at radius 3 is 1.62 bits per heavy atom. The minimum absolute atomic E-state index is 0. The van der Waals surface area contributed by atoms with Crippen molar-refractivity contribution in [2.45, 2.75) is 64.8 Å².